The quantitative estimate of drug-likeness (QED) is 0.933. The Labute approximate surface area is 113 Å². The standard InChI is InChI=1S/C15H16O3S/c1-12-7-9-14(10-8-12)19(17,18)15(11-16)13-5-3-2-4-6-13/h2-10,15-16H,11H2,1H3. The predicted octanol–water partition coefficient (Wildman–Crippen LogP) is 2.50. The van der Waals surface area contributed by atoms with Crippen LogP contribution in [0.5, 0.6) is 0 Å². The lowest BCUT2D eigenvalue weighted by atomic mass is 10.2. The molecule has 0 saturated heterocycles. The Morgan fingerprint density at radius 1 is 1.00 bits per heavy atom. The largest absolute Gasteiger partial charge is 0.395 e. The van der Waals surface area contributed by atoms with E-state index in [9.17, 15) is 13.5 Å². The van der Waals surface area contributed by atoms with Crippen LogP contribution >= 0.6 is 0 Å². The first-order valence-corrected chi connectivity index (χ1v) is 7.56. The average Bonchev–Trinajstić information content (AvgIpc) is 2.41. The molecule has 2 rings (SSSR count). The van der Waals surface area contributed by atoms with Crippen LogP contribution in [0.15, 0.2) is 59.5 Å². The van der Waals surface area contributed by atoms with Gasteiger partial charge in [0.2, 0.25) is 0 Å². The van der Waals surface area contributed by atoms with Gasteiger partial charge in [-0.25, -0.2) is 8.42 Å². The van der Waals surface area contributed by atoms with Crippen molar-refractivity contribution in [2.24, 2.45) is 0 Å². The normalized spacial score (nSPS) is 13.2. The summed E-state index contributed by atoms with van der Waals surface area (Å²) in [5.41, 5.74) is 1.60. The van der Waals surface area contributed by atoms with Gasteiger partial charge in [-0.2, -0.15) is 0 Å². The highest BCUT2D eigenvalue weighted by Crippen LogP contribution is 2.28. The molecule has 0 bridgehead atoms. The van der Waals surface area contributed by atoms with Crippen molar-refractivity contribution >= 4 is 9.84 Å². The molecule has 1 N–H and O–H groups in total. The van der Waals surface area contributed by atoms with E-state index >= 15 is 0 Å². The molecule has 4 heteroatoms. The van der Waals surface area contributed by atoms with E-state index in [0.29, 0.717) is 5.56 Å². The minimum atomic E-state index is -3.57. The second kappa shape index (κ2) is 5.55. The van der Waals surface area contributed by atoms with Crippen LogP contribution < -0.4 is 0 Å². The fraction of sp³-hybridized carbons (Fsp3) is 0.200. The summed E-state index contributed by atoms with van der Waals surface area (Å²) < 4.78 is 25.0. The Hall–Kier alpha value is -1.65. The summed E-state index contributed by atoms with van der Waals surface area (Å²) in [6, 6.07) is 15.5. The Bertz CT molecular complexity index is 631. The van der Waals surface area contributed by atoms with E-state index in [2.05, 4.69) is 0 Å². The van der Waals surface area contributed by atoms with Gasteiger partial charge in [-0.15, -0.1) is 0 Å². The van der Waals surface area contributed by atoms with Crippen molar-refractivity contribution in [1.82, 2.24) is 0 Å². The van der Waals surface area contributed by atoms with Gasteiger partial charge < -0.3 is 5.11 Å². The van der Waals surface area contributed by atoms with E-state index in [1.165, 1.54) is 0 Å². The molecule has 1 unspecified atom stereocenters. The van der Waals surface area contributed by atoms with Gasteiger partial charge in [0, 0.05) is 0 Å². The van der Waals surface area contributed by atoms with Gasteiger partial charge >= 0.3 is 0 Å². The average molecular weight is 276 g/mol. The number of aryl methyl sites for hydroxylation is 1. The van der Waals surface area contributed by atoms with E-state index < -0.39 is 21.7 Å². The number of hydrogen-bond donors (Lipinski definition) is 1. The molecule has 0 radical (unpaired) electrons. The third kappa shape index (κ3) is 2.85. The predicted molar refractivity (Wildman–Crippen MR) is 74.6 cm³/mol. The monoisotopic (exact) mass is 276 g/mol. The van der Waals surface area contributed by atoms with Gasteiger partial charge in [0.1, 0.15) is 5.25 Å². The first-order valence-electron chi connectivity index (χ1n) is 6.02. The Kier molecular flexibility index (Phi) is 4.02. The van der Waals surface area contributed by atoms with Crippen LogP contribution in [0.4, 0.5) is 0 Å². The molecule has 1 atom stereocenters. The third-order valence-electron chi connectivity index (χ3n) is 3.06. The number of aliphatic hydroxyl groups excluding tert-OH is 1. The molecule has 2 aromatic rings. The molecule has 0 fully saturated rings. The minimum Gasteiger partial charge on any atom is -0.395 e. The summed E-state index contributed by atoms with van der Waals surface area (Å²) in [5.74, 6) is 0. The summed E-state index contributed by atoms with van der Waals surface area (Å²) in [4.78, 5) is 0.237. The highest BCUT2D eigenvalue weighted by atomic mass is 32.2. The van der Waals surface area contributed by atoms with Crippen LogP contribution in [-0.2, 0) is 9.84 Å². The van der Waals surface area contributed by atoms with Crippen molar-refractivity contribution < 1.29 is 13.5 Å². The molecule has 0 aliphatic heterocycles. The maximum absolute atomic E-state index is 12.5. The third-order valence-corrected chi connectivity index (χ3v) is 5.16. The number of sulfone groups is 1. The van der Waals surface area contributed by atoms with Crippen molar-refractivity contribution in [3.8, 4) is 0 Å². The Morgan fingerprint density at radius 2 is 1.58 bits per heavy atom. The van der Waals surface area contributed by atoms with Crippen LogP contribution in [0.3, 0.4) is 0 Å². The van der Waals surface area contributed by atoms with Crippen molar-refractivity contribution in [1.29, 1.82) is 0 Å². The summed E-state index contributed by atoms with van der Waals surface area (Å²) in [7, 11) is -3.57. The van der Waals surface area contributed by atoms with Crippen molar-refractivity contribution in [2.75, 3.05) is 6.61 Å². The first-order chi connectivity index (χ1) is 9.05. The Morgan fingerprint density at radius 3 is 2.11 bits per heavy atom. The van der Waals surface area contributed by atoms with Crippen LogP contribution in [-0.4, -0.2) is 20.1 Å². The smallest absolute Gasteiger partial charge is 0.187 e. The van der Waals surface area contributed by atoms with E-state index in [4.69, 9.17) is 0 Å². The van der Waals surface area contributed by atoms with E-state index in [0.717, 1.165) is 5.56 Å². The maximum Gasteiger partial charge on any atom is 0.187 e. The molecule has 0 aromatic heterocycles. The van der Waals surface area contributed by atoms with Crippen molar-refractivity contribution in [2.45, 2.75) is 17.1 Å². The Balaban J connectivity index is 2.45. The minimum absolute atomic E-state index is 0.237. The van der Waals surface area contributed by atoms with Gasteiger partial charge in [0.15, 0.2) is 9.84 Å². The second-order valence-corrected chi connectivity index (χ2v) is 6.57. The van der Waals surface area contributed by atoms with Gasteiger partial charge in [0.25, 0.3) is 0 Å². The summed E-state index contributed by atoms with van der Waals surface area (Å²) >= 11 is 0. The zero-order valence-electron chi connectivity index (χ0n) is 10.7. The molecule has 19 heavy (non-hydrogen) atoms. The van der Waals surface area contributed by atoms with Crippen molar-refractivity contribution in [3.63, 3.8) is 0 Å². The summed E-state index contributed by atoms with van der Waals surface area (Å²) in [6.45, 7) is 1.47. The molecule has 0 aliphatic rings. The topological polar surface area (TPSA) is 54.4 Å². The van der Waals surface area contributed by atoms with Gasteiger partial charge in [-0.3, -0.25) is 0 Å². The molecule has 2 aromatic carbocycles. The van der Waals surface area contributed by atoms with Crippen LogP contribution in [0, 0.1) is 6.92 Å². The highest BCUT2D eigenvalue weighted by molar-refractivity contribution is 7.91. The van der Waals surface area contributed by atoms with Crippen LogP contribution in [0.25, 0.3) is 0 Å². The second-order valence-electron chi connectivity index (χ2n) is 4.44. The van der Waals surface area contributed by atoms with Gasteiger partial charge in [-0.05, 0) is 24.6 Å². The number of hydrogen-bond acceptors (Lipinski definition) is 3. The fourth-order valence-corrected chi connectivity index (χ4v) is 3.50. The molecular weight excluding hydrogens is 260 g/mol. The summed E-state index contributed by atoms with van der Waals surface area (Å²) in [6.07, 6.45) is 0. The zero-order valence-corrected chi connectivity index (χ0v) is 11.5. The van der Waals surface area contributed by atoms with Crippen LogP contribution in [0.2, 0.25) is 0 Å². The van der Waals surface area contributed by atoms with Crippen LogP contribution in [0.1, 0.15) is 16.4 Å². The lowest BCUT2D eigenvalue weighted by Crippen LogP contribution is -2.17. The molecule has 0 spiro atoms. The zero-order chi connectivity index (χ0) is 13.9. The first kappa shape index (κ1) is 13.8. The molecule has 3 nitrogen and oxygen atoms in total. The van der Waals surface area contributed by atoms with E-state index in [1.807, 2.05) is 13.0 Å². The molecule has 100 valence electrons. The molecular formula is C15H16O3S. The molecule has 0 amide bonds. The lowest BCUT2D eigenvalue weighted by molar-refractivity contribution is 0.291. The fourth-order valence-electron chi connectivity index (χ4n) is 1.94. The maximum atomic E-state index is 12.5. The SMILES string of the molecule is Cc1ccc(S(=O)(=O)C(CO)c2ccccc2)cc1. The van der Waals surface area contributed by atoms with Gasteiger partial charge in [-0.1, -0.05) is 48.0 Å². The van der Waals surface area contributed by atoms with E-state index in [1.54, 1.807) is 48.5 Å². The molecule has 0 aliphatic carbocycles. The van der Waals surface area contributed by atoms with Crippen molar-refractivity contribution in [3.05, 3.63) is 65.7 Å². The molecule has 0 heterocycles. The van der Waals surface area contributed by atoms with E-state index in [-0.39, 0.29) is 4.90 Å². The number of aliphatic hydroxyl groups is 1. The molecule has 0 saturated carbocycles. The number of benzene rings is 2. The number of rotatable bonds is 4. The summed E-state index contributed by atoms with van der Waals surface area (Å²) in [5, 5.41) is 8.53. The highest BCUT2D eigenvalue weighted by Gasteiger charge is 2.28. The van der Waals surface area contributed by atoms with Gasteiger partial charge in [0.05, 0.1) is 11.5 Å². The lowest BCUT2D eigenvalue weighted by Gasteiger charge is -2.15.